The summed E-state index contributed by atoms with van der Waals surface area (Å²) in [5.74, 6) is 0.820. The Morgan fingerprint density at radius 1 is 1.10 bits per heavy atom. The van der Waals surface area contributed by atoms with Crippen LogP contribution in [0.25, 0.3) is 0 Å². The summed E-state index contributed by atoms with van der Waals surface area (Å²) < 4.78 is 6.47. The van der Waals surface area contributed by atoms with Gasteiger partial charge in [-0.05, 0) is 54.9 Å². The van der Waals surface area contributed by atoms with Crippen molar-refractivity contribution in [3.8, 4) is 0 Å². The van der Waals surface area contributed by atoms with Crippen LogP contribution in [0.2, 0.25) is 18.1 Å². The third kappa shape index (κ3) is 3.34. The minimum absolute atomic E-state index is 0.200. The van der Waals surface area contributed by atoms with Crippen molar-refractivity contribution < 1.29 is 4.43 Å². The SMILES string of the molecule is CC(O[Si](C)(C)C(C)(C)C)c1ccc(C2CCC2)cc1. The molecule has 2 rings (SSSR count). The highest BCUT2D eigenvalue weighted by Crippen LogP contribution is 2.40. The maximum Gasteiger partial charge on any atom is 0.192 e. The first-order valence-corrected chi connectivity index (χ1v) is 10.9. The fraction of sp³-hybridized carbons (Fsp3) is 0.667. The lowest BCUT2D eigenvalue weighted by atomic mass is 9.80. The molecular weight excluding hydrogens is 260 g/mol. The molecule has 1 aliphatic carbocycles. The molecule has 1 aromatic carbocycles. The second-order valence-corrected chi connectivity index (χ2v) is 12.6. The van der Waals surface area contributed by atoms with Gasteiger partial charge in [-0.1, -0.05) is 51.5 Å². The van der Waals surface area contributed by atoms with Gasteiger partial charge in [0.25, 0.3) is 0 Å². The van der Waals surface area contributed by atoms with Gasteiger partial charge in [0.15, 0.2) is 8.32 Å². The molecular formula is C18H30OSi. The van der Waals surface area contributed by atoms with Crippen LogP contribution in [0.3, 0.4) is 0 Å². The van der Waals surface area contributed by atoms with E-state index in [1.165, 1.54) is 30.4 Å². The van der Waals surface area contributed by atoms with E-state index in [4.69, 9.17) is 4.43 Å². The summed E-state index contributed by atoms with van der Waals surface area (Å²) in [6.07, 6.45) is 4.34. The second kappa shape index (κ2) is 5.65. The first kappa shape index (κ1) is 15.8. The van der Waals surface area contributed by atoms with Gasteiger partial charge in [-0.15, -0.1) is 0 Å². The second-order valence-electron chi connectivity index (χ2n) is 7.81. The zero-order chi connectivity index (χ0) is 15.0. The zero-order valence-corrected chi connectivity index (χ0v) is 15.0. The first-order chi connectivity index (χ1) is 9.21. The third-order valence-electron chi connectivity index (χ3n) is 5.26. The summed E-state index contributed by atoms with van der Waals surface area (Å²) in [5.41, 5.74) is 2.83. The van der Waals surface area contributed by atoms with Crippen molar-refractivity contribution in [2.45, 2.75) is 77.1 Å². The van der Waals surface area contributed by atoms with Crippen LogP contribution in [0, 0.1) is 0 Å². The lowest BCUT2D eigenvalue weighted by Crippen LogP contribution is -2.41. The molecule has 1 unspecified atom stereocenters. The standard InChI is InChI=1S/C18H30OSi/c1-14(19-20(5,6)18(2,3)4)15-10-12-17(13-11-15)16-8-7-9-16/h10-14,16H,7-9H2,1-6H3. The molecule has 112 valence electrons. The van der Waals surface area contributed by atoms with Gasteiger partial charge in [-0.25, -0.2) is 0 Å². The highest BCUT2D eigenvalue weighted by molar-refractivity contribution is 6.74. The average molecular weight is 291 g/mol. The van der Waals surface area contributed by atoms with Crippen molar-refractivity contribution in [3.05, 3.63) is 35.4 Å². The minimum atomic E-state index is -1.68. The topological polar surface area (TPSA) is 9.23 Å². The molecule has 1 fully saturated rings. The monoisotopic (exact) mass is 290 g/mol. The molecule has 0 heterocycles. The Kier molecular flexibility index (Phi) is 4.46. The van der Waals surface area contributed by atoms with Crippen LogP contribution in [-0.4, -0.2) is 8.32 Å². The Labute approximate surface area is 125 Å². The third-order valence-corrected chi connectivity index (χ3v) is 9.82. The van der Waals surface area contributed by atoms with Gasteiger partial charge in [0.1, 0.15) is 0 Å². The van der Waals surface area contributed by atoms with Gasteiger partial charge in [0.2, 0.25) is 0 Å². The Morgan fingerprint density at radius 2 is 1.65 bits per heavy atom. The minimum Gasteiger partial charge on any atom is -0.410 e. The highest BCUT2D eigenvalue weighted by atomic mass is 28.4. The molecule has 0 N–H and O–H groups in total. The summed E-state index contributed by atoms with van der Waals surface area (Å²) in [6.45, 7) is 13.7. The molecule has 20 heavy (non-hydrogen) atoms. The van der Waals surface area contributed by atoms with E-state index in [0.717, 1.165) is 5.92 Å². The number of rotatable bonds is 4. The highest BCUT2D eigenvalue weighted by Gasteiger charge is 2.38. The van der Waals surface area contributed by atoms with Crippen LogP contribution < -0.4 is 0 Å². The molecule has 0 aromatic heterocycles. The summed E-state index contributed by atoms with van der Waals surface area (Å²) in [5, 5.41) is 0.271. The molecule has 1 atom stereocenters. The van der Waals surface area contributed by atoms with Crippen LogP contribution >= 0.6 is 0 Å². The quantitative estimate of drug-likeness (QED) is 0.614. The Balaban J connectivity index is 2.03. The summed E-state index contributed by atoms with van der Waals surface area (Å²) >= 11 is 0. The molecule has 0 spiro atoms. The maximum atomic E-state index is 6.47. The molecule has 0 aliphatic heterocycles. The lowest BCUT2D eigenvalue weighted by molar-refractivity contribution is 0.203. The van der Waals surface area contributed by atoms with Crippen molar-refractivity contribution in [1.29, 1.82) is 0 Å². The van der Waals surface area contributed by atoms with Crippen molar-refractivity contribution >= 4 is 8.32 Å². The average Bonchev–Trinajstić information content (AvgIpc) is 2.25. The number of hydrogen-bond donors (Lipinski definition) is 0. The van der Waals surface area contributed by atoms with Crippen molar-refractivity contribution in [2.75, 3.05) is 0 Å². The van der Waals surface area contributed by atoms with Gasteiger partial charge >= 0.3 is 0 Å². The Morgan fingerprint density at radius 3 is 2.05 bits per heavy atom. The molecule has 1 aromatic rings. The lowest BCUT2D eigenvalue weighted by Gasteiger charge is -2.38. The van der Waals surface area contributed by atoms with Crippen LogP contribution in [0.5, 0.6) is 0 Å². The van der Waals surface area contributed by atoms with Crippen molar-refractivity contribution in [1.82, 2.24) is 0 Å². The predicted octanol–water partition coefficient (Wildman–Crippen LogP) is 6.04. The Bertz CT molecular complexity index is 437. The molecule has 0 radical (unpaired) electrons. The van der Waals surface area contributed by atoms with Gasteiger partial charge in [0, 0.05) is 0 Å². The van der Waals surface area contributed by atoms with Gasteiger partial charge < -0.3 is 4.43 Å². The van der Waals surface area contributed by atoms with E-state index in [1.54, 1.807) is 0 Å². The zero-order valence-electron chi connectivity index (χ0n) is 14.0. The molecule has 1 nitrogen and oxygen atoms in total. The van der Waals surface area contributed by atoms with Crippen LogP contribution in [-0.2, 0) is 4.43 Å². The summed E-state index contributed by atoms with van der Waals surface area (Å²) in [7, 11) is -1.68. The van der Waals surface area contributed by atoms with Crippen molar-refractivity contribution in [2.24, 2.45) is 0 Å². The molecule has 0 bridgehead atoms. The normalized spacial score (nSPS) is 18.7. The van der Waals surface area contributed by atoms with E-state index >= 15 is 0 Å². The van der Waals surface area contributed by atoms with Gasteiger partial charge in [-0.2, -0.15) is 0 Å². The molecule has 1 aliphatic rings. The van der Waals surface area contributed by atoms with E-state index < -0.39 is 8.32 Å². The fourth-order valence-corrected chi connectivity index (χ4v) is 3.84. The Hall–Kier alpha value is -0.603. The summed E-state index contributed by atoms with van der Waals surface area (Å²) in [6, 6.07) is 9.16. The molecule has 0 saturated heterocycles. The van der Waals surface area contributed by atoms with Crippen LogP contribution in [0.1, 0.15) is 70.1 Å². The predicted molar refractivity (Wildman–Crippen MR) is 89.7 cm³/mol. The largest absolute Gasteiger partial charge is 0.410 e. The maximum absolute atomic E-state index is 6.47. The first-order valence-electron chi connectivity index (χ1n) is 7.98. The van der Waals surface area contributed by atoms with Gasteiger partial charge in [0.05, 0.1) is 6.10 Å². The van der Waals surface area contributed by atoms with E-state index in [2.05, 4.69) is 65.1 Å². The smallest absolute Gasteiger partial charge is 0.192 e. The van der Waals surface area contributed by atoms with E-state index in [0.29, 0.717) is 0 Å². The van der Waals surface area contributed by atoms with E-state index in [-0.39, 0.29) is 11.1 Å². The van der Waals surface area contributed by atoms with E-state index in [1.807, 2.05) is 0 Å². The van der Waals surface area contributed by atoms with Crippen LogP contribution in [0.4, 0.5) is 0 Å². The van der Waals surface area contributed by atoms with E-state index in [9.17, 15) is 0 Å². The van der Waals surface area contributed by atoms with Gasteiger partial charge in [-0.3, -0.25) is 0 Å². The number of hydrogen-bond acceptors (Lipinski definition) is 1. The van der Waals surface area contributed by atoms with Crippen molar-refractivity contribution in [3.63, 3.8) is 0 Å². The summed E-state index contributed by atoms with van der Waals surface area (Å²) in [4.78, 5) is 0. The number of benzene rings is 1. The molecule has 1 saturated carbocycles. The molecule has 2 heteroatoms. The fourth-order valence-electron chi connectivity index (χ4n) is 2.47. The molecule has 0 amide bonds. The van der Waals surface area contributed by atoms with Crippen LogP contribution in [0.15, 0.2) is 24.3 Å².